The van der Waals surface area contributed by atoms with E-state index in [1.807, 2.05) is 19.1 Å². The summed E-state index contributed by atoms with van der Waals surface area (Å²) in [5.74, 6) is -1.12. The molecule has 2 aromatic heterocycles. The number of hydrogen-bond acceptors (Lipinski definition) is 6. The molecule has 158 valence electrons. The average Bonchev–Trinajstić information content (AvgIpc) is 3.11. The maximum Gasteiger partial charge on any atom is 0.359 e. The van der Waals surface area contributed by atoms with Crippen molar-refractivity contribution in [3.05, 3.63) is 65.6 Å². The Bertz CT molecular complexity index is 1190. The summed E-state index contributed by atoms with van der Waals surface area (Å²) in [4.78, 5) is 28.7. The first-order chi connectivity index (χ1) is 14.1. The van der Waals surface area contributed by atoms with Gasteiger partial charge in [-0.25, -0.2) is 23.3 Å². The van der Waals surface area contributed by atoms with Crippen molar-refractivity contribution in [2.45, 2.75) is 31.3 Å². The van der Waals surface area contributed by atoms with Crippen LogP contribution in [0.5, 0.6) is 0 Å². The number of sulfonamides is 1. The fraction of sp³-hybridized carbons (Fsp3) is 0.250. The molecule has 30 heavy (non-hydrogen) atoms. The predicted octanol–water partition coefficient (Wildman–Crippen LogP) is 1.19. The van der Waals surface area contributed by atoms with Crippen LogP contribution in [0.15, 0.2) is 53.7 Å². The number of carbonyl (C=O) groups is 2. The summed E-state index contributed by atoms with van der Waals surface area (Å²) in [5.41, 5.74) is 2.58. The molecule has 0 aliphatic heterocycles. The SMILES string of the molecule is Cc1ccn2cc(C(=O)OC(C)C(=O)NCCc3ccc(S(N)(=O)=O)cc3)nc2c1. The smallest absolute Gasteiger partial charge is 0.359 e. The summed E-state index contributed by atoms with van der Waals surface area (Å²) in [7, 11) is -3.73. The van der Waals surface area contributed by atoms with Crippen LogP contribution in [0.3, 0.4) is 0 Å². The number of esters is 1. The van der Waals surface area contributed by atoms with Crippen LogP contribution in [-0.4, -0.2) is 42.3 Å². The summed E-state index contributed by atoms with van der Waals surface area (Å²) in [5, 5.41) is 7.74. The van der Waals surface area contributed by atoms with Crippen LogP contribution in [0.25, 0.3) is 5.65 Å². The number of benzene rings is 1. The number of rotatable bonds is 7. The fourth-order valence-corrected chi connectivity index (χ4v) is 3.29. The second kappa shape index (κ2) is 8.64. The van der Waals surface area contributed by atoms with Gasteiger partial charge in [-0.1, -0.05) is 12.1 Å². The molecule has 0 radical (unpaired) electrons. The molecular formula is C20H22N4O5S. The normalized spacial score (nSPS) is 12.5. The van der Waals surface area contributed by atoms with Crippen LogP contribution in [0.2, 0.25) is 0 Å². The number of amides is 1. The van der Waals surface area contributed by atoms with E-state index in [-0.39, 0.29) is 10.6 Å². The van der Waals surface area contributed by atoms with Crippen LogP contribution < -0.4 is 10.5 Å². The molecule has 0 saturated heterocycles. The molecule has 1 unspecified atom stereocenters. The number of fused-ring (bicyclic) bond motifs is 1. The molecule has 0 aliphatic rings. The lowest BCUT2D eigenvalue weighted by atomic mass is 10.1. The summed E-state index contributed by atoms with van der Waals surface area (Å²) in [6.07, 6.45) is 2.82. The van der Waals surface area contributed by atoms with E-state index in [0.29, 0.717) is 18.6 Å². The summed E-state index contributed by atoms with van der Waals surface area (Å²) >= 11 is 0. The lowest BCUT2D eigenvalue weighted by Gasteiger charge is -2.12. The largest absolute Gasteiger partial charge is 0.448 e. The number of imidazole rings is 1. The first kappa shape index (κ1) is 21.5. The van der Waals surface area contributed by atoms with E-state index in [2.05, 4.69) is 10.3 Å². The van der Waals surface area contributed by atoms with Gasteiger partial charge in [0.05, 0.1) is 4.90 Å². The molecule has 0 aliphatic carbocycles. The summed E-state index contributed by atoms with van der Waals surface area (Å²) < 4.78 is 29.4. The van der Waals surface area contributed by atoms with E-state index < -0.39 is 28.0 Å². The minimum absolute atomic E-state index is 0.0259. The highest BCUT2D eigenvalue weighted by atomic mass is 32.2. The first-order valence-corrected chi connectivity index (χ1v) is 10.7. The Morgan fingerprint density at radius 3 is 2.60 bits per heavy atom. The van der Waals surface area contributed by atoms with Crippen molar-refractivity contribution in [3.63, 3.8) is 0 Å². The number of pyridine rings is 1. The Morgan fingerprint density at radius 2 is 1.93 bits per heavy atom. The van der Waals surface area contributed by atoms with E-state index >= 15 is 0 Å². The van der Waals surface area contributed by atoms with E-state index in [4.69, 9.17) is 9.88 Å². The highest BCUT2D eigenvalue weighted by molar-refractivity contribution is 7.89. The molecule has 1 amide bonds. The Morgan fingerprint density at radius 1 is 1.23 bits per heavy atom. The number of nitrogens with one attached hydrogen (secondary N) is 1. The zero-order valence-corrected chi connectivity index (χ0v) is 17.3. The Balaban J connectivity index is 1.50. The van der Waals surface area contributed by atoms with Gasteiger partial charge in [-0.15, -0.1) is 0 Å². The molecule has 0 bridgehead atoms. The van der Waals surface area contributed by atoms with Crippen LogP contribution in [-0.2, 0) is 26.0 Å². The third-order valence-electron chi connectivity index (χ3n) is 4.44. The number of primary sulfonamides is 1. The molecule has 10 heteroatoms. The highest BCUT2D eigenvalue weighted by Crippen LogP contribution is 2.10. The Kier molecular flexibility index (Phi) is 6.18. The van der Waals surface area contributed by atoms with E-state index in [1.165, 1.54) is 19.1 Å². The van der Waals surface area contributed by atoms with Crippen molar-refractivity contribution >= 4 is 27.5 Å². The number of nitrogens with zero attached hydrogens (tertiary/aromatic N) is 2. The molecule has 0 spiro atoms. The number of ether oxygens (including phenoxy) is 1. The van der Waals surface area contributed by atoms with Gasteiger partial charge in [0, 0.05) is 18.9 Å². The Hall–Kier alpha value is -3.24. The van der Waals surface area contributed by atoms with E-state index in [0.717, 1.165) is 11.1 Å². The van der Waals surface area contributed by atoms with Crippen LogP contribution in [0.1, 0.15) is 28.5 Å². The summed E-state index contributed by atoms with van der Waals surface area (Å²) in [6.45, 7) is 3.70. The molecule has 2 heterocycles. The standard InChI is InChI=1S/C20H22N4O5S/c1-13-8-10-24-12-17(23-18(24)11-13)20(26)29-14(2)19(25)22-9-7-15-3-5-16(6-4-15)30(21,27)28/h3-6,8,10-12,14H,7,9H2,1-2H3,(H,22,25)(H2,21,27,28). The molecule has 0 saturated carbocycles. The van der Waals surface area contributed by atoms with Crippen molar-refractivity contribution in [2.75, 3.05) is 6.54 Å². The fourth-order valence-electron chi connectivity index (χ4n) is 2.78. The number of aromatic nitrogens is 2. The van der Waals surface area contributed by atoms with Gasteiger partial charge in [0.1, 0.15) is 5.65 Å². The molecule has 1 atom stereocenters. The molecule has 1 aromatic carbocycles. The maximum absolute atomic E-state index is 12.3. The molecule has 0 fully saturated rings. The molecule has 3 aromatic rings. The number of nitrogens with two attached hydrogens (primary N) is 1. The minimum atomic E-state index is -3.73. The predicted molar refractivity (Wildman–Crippen MR) is 109 cm³/mol. The Labute approximate surface area is 173 Å². The second-order valence-electron chi connectivity index (χ2n) is 6.87. The van der Waals surface area contributed by atoms with Gasteiger partial charge in [-0.2, -0.15) is 0 Å². The average molecular weight is 430 g/mol. The molecule has 3 rings (SSSR count). The van der Waals surface area contributed by atoms with Crippen molar-refractivity contribution < 1.29 is 22.7 Å². The van der Waals surface area contributed by atoms with Crippen LogP contribution in [0.4, 0.5) is 0 Å². The zero-order chi connectivity index (χ0) is 21.9. The van der Waals surface area contributed by atoms with Crippen molar-refractivity contribution in [1.82, 2.24) is 14.7 Å². The van der Waals surface area contributed by atoms with Gasteiger partial charge in [0.25, 0.3) is 5.91 Å². The van der Waals surface area contributed by atoms with Gasteiger partial charge in [-0.05, 0) is 55.7 Å². The van der Waals surface area contributed by atoms with E-state index in [1.54, 1.807) is 28.9 Å². The molecule has 3 N–H and O–H groups in total. The van der Waals surface area contributed by atoms with Crippen molar-refractivity contribution in [3.8, 4) is 0 Å². The van der Waals surface area contributed by atoms with Gasteiger partial charge < -0.3 is 14.5 Å². The van der Waals surface area contributed by atoms with Crippen LogP contribution >= 0.6 is 0 Å². The number of hydrogen-bond donors (Lipinski definition) is 2. The lowest BCUT2D eigenvalue weighted by Crippen LogP contribution is -2.37. The second-order valence-corrected chi connectivity index (χ2v) is 8.43. The molecule has 9 nitrogen and oxygen atoms in total. The summed E-state index contributed by atoms with van der Waals surface area (Å²) in [6, 6.07) is 9.80. The van der Waals surface area contributed by atoms with Crippen molar-refractivity contribution in [2.24, 2.45) is 5.14 Å². The lowest BCUT2D eigenvalue weighted by molar-refractivity contribution is -0.129. The van der Waals surface area contributed by atoms with Gasteiger partial charge in [-0.3, -0.25) is 4.79 Å². The maximum atomic E-state index is 12.3. The topological polar surface area (TPSA) is 133 Å². The number of aryl methyl sites for hydroxylation is 1. The number of carbonyl (C=O) groups excluding carboxylic acids is 2. The van der Waals surface area contributed by atoms with Gasteiger partial charge in [0.15, 0.2) is 11.8 Å². The third kappa shape index (κ3) is 5.22. The zero-order valence-electron chi connectivity index (χ0n) is 16.5. The van der Waals surface area contributed by atoms with Gasteiger partial charge >= 0.3 is 5.97 Å². The third-order valence-corrected chi connectivity index (χ3v) is 5.37. The molecular weight excluding hydrogens is 408 g/mol. The van der Waals surface area contributed by atoms with Gasteiger partial charge in [0.2, 0.25) is 10.0 Å². The first-order valence-electron chi connectivity index (χ1n) is 9.19. The van der Waals surface area contributed by atoms with E-state index in [9.17, 15) is 18.0 Å². The van der Waals surface area contributed by atoms with Crippen molar-refractivity contribution in [1.29, 1.82) is 0 Å². The minimum Gasteiger partial charge on any atom is -0.448 e. The quantitative estimate of drug-likeness (QED) is 0.541. The van der Waals surface area contributed by atoms with Crippen LogP contribution in [0, 0.1) is 6.92 Å². The highest BCUT2D eigenvalue weighted by Gasteiger charge is 2.20. The monoisotopic (exact) mass is 430 g/mol.